The van der Waals surface area contributed by atoms with Gasteiger partial charge in [0.1, 0.15) is 0 Å². The van der Waals surface area contributed by atoms with E-state index in [1.807, 2.05) is 24.3 Å². The van der Waals surface area contributed by atoms with E-state index >= 15 is 0 Å². The molecule has 0 unspecified atom stereocenters. The molecular weight excluding hydrogens is 494 g/mol. The van der Waals surface area contributed by atoms with Crippen molar-refractivity contribution < 1.29 is 13.6 Å². The quantitative estimate of drug-likeness (QED) is 0.379. The molecule has 3 aromatic carbocycles. The summed E-state index contributed by atoms with van der Waals surface area (Å²) in [5, 5.41) is 2.77. The molecule has 0 radical (unpaired) electrons. The van der Waals surface area contributed by atoms with E-state index in [9.17, 15) is 13.6 Å². The number of fused-ring (bicyclic) bond motifs is 2. The first-order valence-electron chi connectivity index (χ1n) is 13.8. The fourth-order valence-electron chi connectivity index (χ4n) is 6.36. The van der Waals surface area contributed by atoms with Crippen molar-refractivity contribution >= 4 is 17.3 Å². The van der Waals surface area contributed by atoms with Gasteiger partial charge in [-0.25, -0.2) is 13.6 Å². The lowest BCUT2D eigenvalue weighted by atomic mass is 9.73. The summed E-state index contributed by atoms with van der Waals surface area (Å²) >= 11 is 0. The number of carbonyl (C=O) groups is 1. The maximum atomic E-state index is 13.7. The van der Waals surface area contributed by atoms with Crippen LogP contribution < -0.4 is 5.32 Å². The van der Waals surface area contributed by atoms with E-state index in [0.717, 1.165) is 74.6 Å². The molecule has 1 saturated carbocycles. The van der Waals surface area contributed by atoms with Crippen molar-refractivity contribution in [2.45, 2.75) is 37.6 Å². The topological polar surface area (TPSA) is 39.9 Å². The summed E-state index contributed by atoms with van der Waals surface area (Å²) in [6.45, 7) is 11.4. The Morgan fingerprint density at radius 1 is 0.974 bits per heavy atom. The number of halogens is 2. The van der Waals surface area contributed by atoms with Gasteiger partial charge in [0.05, 0.1) is 13.1 Å². The minimum absolute atomic E-state index is 0.190. The zero-order valence-electron chi connectivity index (χ0n) is 21.9. The van der Waals surface area contributed by atoms with E-state index < -0.39 is 11.6 Å². The van der Waals surface area contributed by atoms with Crippen LogP contribution in [0.5, 0.6) is 0 Å². The minimum Gasteiger partial charge on any atom is -0.325 e. The average molecular weight is 527 g/mol. The van der Waals surface area contributed by atoms with Crippen LogP contribution >= 0.6 is 0 Å². The van der Waals surface area contributed by atoms with E-state index in [4.69, 9.17) is 6.57 Å². The summed E-state index contributed by atoms with van der Waals surface area (Å²) in [6.07, 6.45) is 5.36. The van der Waals surface area contributed by atoms with E-state index in [1.54, 1.807) is 0 Å². The van der Waals surface area contributed by atoms with Gasteiger partial charge in [0.15, 0.2) is 17.3 Å². The van der Waals surface area contributed by atoms with Gasteiger partial charge in [-0.2, -0.15) is 0 Å². The van der Waals surface area contributed by atoms with Gasteiger partial charge >= 0.3 is 0 Å². The summed E-state index contributed by atoms with van der Waals surface area (Å²) in [5.74, 6) is -1.30. The van der Waals surface area contributed by atoms with Gasteiger partial charge in [0, 0.05) is 43.5 Å². The van der Waals surface area contributed by atoms with Gasteiger partial charge in [0.2, 0.25) is 5.91 Å². The number of hydrogen-bond donors (Lipinski definition) is 1. The van der Waals surface area contributed by atoms with Crippen LogP contribution in [-0.2, 0) is 16.8 Å². The first-order valence-corrected chi connectivity index (χ1v) is 13.8. The Balaban J connectivity index is 1.27. The van der Waals surface area contributed by atoms with Crippen molar-refractivity contribution in [3.05, 3.63) is 94.8 Å². The summed E-state index contributed by atoms with van der Waals surface area (Å²) in [5.41, 5.74) is 5.35. The van der Waals surface area contributed by atoms with E-state index in [1.165, 1.54) is 30.0 Å². The molecule has 0 aromatic heterocycles. The monoisotopic (exact) mass is 526 g/mol. The molecule has 5 nitrogen and oxygen atoms in total. The van der Waals surface area contributed by atoms with Gasteiger partial charge in [-0.1, -0.05) is 36.4 Å². The highest BCUT2D eigenvalue weighted by molar-refractivity contribution is 5.92. The lowest BCUT2D eigenvalue weighted by Crippen LogP contribution is -2.58. The Labute approximate surface area is 228 Å². The molecule has 39 heavy (non-hydrogen) atoms. The standard InChI is InChI=1S/C32H32F2N4O/c1-35-26-4-2-3-23(18-26)24-7-9-28-25(17-24)11-14-38(21-31(39)36-27-8-10-29(33)30(34)19-27)32(28)12-15-37(16-13-32)20-22-5-6-22/h2-4,7-10,17-19,22H,5-6,11-16,20-21H2,(H,36,39). The molecule has 7 heteroatoms. The normalized spacial score (nSPS) is 18.9. The van der Waals surface area contributed by atoms with Crippen LogP contribution in [0.3, 0.4) is 0 Å². The predicted molar refractivity (Wildman–Crippen MR) is 148 cm³/mol. The highest BCUT2D eigenvalue weighted by Gasteiger charge is 2.45. The maximum absolute atomic E-state index is 13.7. The molecule has 200 valence electrons. The molecule has 2 heterocycles. The molecule has 1 spiro atoms. The van der Waals surface area contributed by atoms with Crippen LogP contribution in [0.1, 0.15) is 36.8 Å². The smallest absolute Gasteiger partial charge is 0.238 e. The third-order valence-corrected chi connectivity index (χ3v) is 8.61. The summed E-state index contributed by atoms with van der Waals surface area (Å²) in [7, 11) is 0. The van der Waals surface area contributed by atoms with Crippen molar-refractivity contribution in [3.63, 3.8) is 0 Å². The van der Waals surface area contributed by atoms with Crippen LogP contribution in [0.2, 0.25) is 0 Å². The third kappa shape index (κ3) is 5.32. The van der Waals surface area contributed by atoms with Gasteiger partial charge in [-0.3, -0.25) is 9.69 Å². The molecule has 1 aliphatic carbocycles. The highest BCUT2D eigenvalue weighted by Crippen LogP contribution is 2.45. The molecule has 0 atom stereocenters. The third-order valence-electron chi connectivity index (χ3n) is 8.61. The highest BCUT2D eigenvalue weighted by atomic mass is 19.2. The SMILES string of the molecule is [C-]#[N+]c1cccc(-c2ccc3c(c2)CCN(CC(=O)Nc2ccc(F)c(F)c2)C32CCN(CC3CC3)CC2)c1. The summed E-state index contributed by atoms with van der Waals surface area (Å²) in [4.78, 5) is 21.6. The Hall–Kier alpha value is -3.60. The van der Waals surface area contributed by atoms with Crippen molar-refractivity contribution in [3.8, 4) is 11.1 Å². The fourth-order valence-corrected chi connectivity index (χ4v) is 6.36. The summed E-state index contributed by atoms with van der Waals surface area (Å²) in [6, 6.07) is 17.8. The number of hydrogen-bond acceptors (Lipinski definition) is 3. The number of amides is 1. The number of rotatable bonds is 6. The zero-order valence-corrected chi connectivity index (χ0v) is 21.9. The number of carbonyl (C=O) groups excluding carboxylic acids is 1. The molecule has 1 N–H and O–H groups in total. The molecule has 1 amide bonds. The fraction of sp³-hybridized carbons (Fsp3) is 0.375. The van der Waals surface area contributed by atoms with Gasteiger partial charge in [-0.05, 0) is 78.5 Å². The van der Waals surface area contributed by atoms with Crippen LogP contribution in [0.15, 0.2) is 60.7 Å². The van der Waals surface area contributed by atoms with Crippen molar-refractivity contribution in [2.24, 2.45) is 5.92 Å². The summed E-state index contributed by atoms with van der Waals surface area (Å²) < 4.78 is 27.1. The van der Waals surface area contributed by atoms with Crippen LogP contribution in [0.25, 0.3) is 16.0 Å². The second-order valence-corrected chi connectivity index (χ2v) is 11.2. The number of piperidine rings is 1. The van der Waals surface area contributed by atoms with Crippen molar-refractivity contribution in [2.75, 3.05) is 38.0 Å². The Morgan fingerprint density at radius 3 is 2.51 bits per heavy atom. The van der Waals surface area contributed by atoms with Crippen LogP contribution in [0.4, 0.5) is 20.2 Å². The van der Waals surface area contributed by atoms with Crippen molar-refractivity contribution in [1.29, 1.82) is 0 Å². The number of nitrogens with zero attached hydrogens (tertiary/aromatic N) is 3. The van der Waals surface area contributed by atoms with Gasteiger partial charge < -0.3 is 10.2 Å². The number of benzene rings is 3. The van der Waals surface area contributed by atoms with Crippen molar-refractivity contribution in [1.82, 2.24) is 9.80 Å². The van der Waals surface area contributed by atoms with Gasteiger partial charge in [-0.15, -0.1) is 0 Å². The van der Waals surface area contributed by atoms with E-state index in [-0.39, 0.29) is 23.7 Å². The molecular formula is C32H32F2N4O. The van der Waals surface area contributed by atoms with Crippen LogP contribution in [-0.4, -0.2) is 48.4 Å². The zero-order chi connectivity index (χ0) is 27.0. The molecule has 2 aliphatic heterocycles. The number of nitrogens with one attached hydrogen (secondary N) is 1. The Kier molecular flexibility index (Phi) is 6.92. The molecule has 6 rings (SSSR count). The predicted octanol–water partition coefficient (Wildman–Crippen LogP) is 6.38. The van der Waals surface area contributed by atoms with E-state index in [0.29, 0.717) is 5.69 Å². The minimum atomic E-state index is -0.975. The Bertz CT molecular complexity index is 1440. The molecule has 1 saturated heterocycles. The van der Waals surface area contributed by atoms with Crippen LogP contribution in [0, 0.1) is 24.1 Å². The molecule has 3 aromatic rings. The first-order chi connectivity index (χ1) is 18.9. The Morgan fingerprint density at radius 2 is 1.77 bits per heavy atom. The molecule has 3 aliphatic rings. The number of likely N-dealkylation sites (tertiary alicyclic amines) is 1. The maximum Gasteiger partial charge on any atom is 0.238 e. The second-order valence-electron chi connectivity index (χ2n) is 11.2. The second kappa shape index (κ2) is 10.5. The number of anilines is 1. The molecule has 2 fully saturated rings. The van der Waals surface area contributed by atoms with Gasteiger partial charge in [0.25, 0.3) is 0 Å². The largest absolute Gasteiger partial charge is 0.325 e. The average Bonchev–Trinajstić information content (AvgIpc) is 3.77. The lowest BCUT2D eigenvalue weighted by molar-refractivity contribution is -0.120. The molecule has 0 bridgehead atoms. The first kappa shape index (κ1) is 25.7. The lowest BCUT2D eigenvalue weighted by Gasteiger charge is -2.52. The van der Waals surface area contributed by atoms with E-state index in [2.05, 4.69) is 38.2 Å².